The summed E-state index contributed by atoms with van der Waals surface area (Å²) in [5.41, 5.74) is -2.16. The predicted molar refractivity (Wildman–Crippen MR) is 172 cm³/mol. The number of carboxylic acid groups (broad SMARTS) is 1. The second kappa shape index (κ2) is 14.0. The van der Waals surface area contributed by atoms with Crippen molar-refractivity contribution in [2.75, 3.05) is 58.4 Å². The van der Waals surface area contributed by atoms with E-state index in [0.717, 1.165) is 37.8 Å². The average Bonchev–Trinajstić information content (AvgIpc) is 3.67. The van der Waals surface area contributed by atoms with Crippen LogP contribution < -0.4 is 9.64 Å². The van der Waals surface area contributed by atoms with E-state index in [9.17, 15) is 27.9 Å². The number of carbonyl (C=O) groups excluding carboxylic acids is 1. The van der Waals surface area contributed by atoms with Crippen molar-refractivity contribution in [2.45, 2.75) is 80.5 Å². The van der Waals surface area contributed by atoms with Gasteiger partial charge in [-0.05, 0) is 73.9 Å². The Labute approximate surface area is 283 Å². The average molecular weight is 694 g/mol. The number of halogens is 5. The lowest BCUT2D eigenvalue weighted by Crippen LogP contribution is -2.50. The Morgan fingerprint density at radius 2 is 1.59 bits per heavy atom. The first kappa shape index (κ1) is 35.4. The van der Waals surface area contributed by atoms with Gasteiger partial charge in [-0.2, -0.15) is 13.2 Å². The molecule has 0 spiro atoms. The van der Waals surface area contributed by atoms with E-state index in [-0.39, 0.29) is 63.4 Å². The Hall–Kier alpha value is -3.45. The van der Waals surface area contributed by atoms with Gasteiger partial charge < -0.3 is 24.4 Å². The zero-order valence-corrected chi connectivity index (χ0v) is 27.8. The van der Waals surface area contributed by atoms with Crippen LogP contribution in [0.2, 0.25) is 0 Å². The Bertz CT molecular complexity index is 1490. The molecule has 0 radical (unpaired) electrons. The first-order chi connectivity index (χ1) is 23.3. The zero-order chi connectivity index (χ0) is 35.1. The number of benzene rings is 2. The highest BCUT2D eigenvalue weighted by molar-refractivity contribution is 5.88. The minimum absolute atomic E-state index is 0.0674. The van der Waals surface area contributed by atoms with Crippen LogP contribution in [0.4, 0.5) is 27.6 Å². The molecule has 4 atom stereocenters. The number of likely N-dealkylation sites (tertiary alicyclic amines) is 2. The molecule has 6 rings (SSSR count). The number of piperidine rings is 1. The van der Waals surface area contributed by atoms with E-state index in [1.807, 2.05) is 4.90 Å². The molecule has 1 amide bonds. The van der Waals surface area contributed by atoms with Crippen molar-refractivity contribution >= 4 is 17.6 Å². The van der Waals surface area contributed by atoms with Gasteiger partial charge in [-0.15, -0.1) is 0 Å². The van der Waals surface area contributed by atoms with E-state index in [1.54, 1.807) is 36.3 Å². The first-order valence-corrected chi connectivity index (χ1v) is 17.0. The van der Waals surface area contributed by atoms with Crippen LogP contribution in [0.5, 0.6) is 5.75 Å². The number of alkyl halides is 5. The number of amides is 1. The van der Waals surface area contributed by atoms with E-state index in [0.29, 0.717) is 23.4 Å². The molecule has 3 saturated heterocycles. The third-order valence-corrected chi connectivity index (χ3v) is 11.2. The van der Waals surface area contributed by atoms with Crippen molar-refractivity contribution in [2.24, 2.45) is 5.92 Å². The number of methoxy groups -OCH3 is 2. The Morgan fingerprint density at radius 1 is 0.918 bits per heavy atom. The summed E-state index contributed by atoms with van der Waals surface area (Å²) >= 11 is 0. The van der Waals surface area contributed by atoms with Gasteiger partial charge in [0.2, 0.25) is 5.67 Å². The summed E-state index contributed by atoms with van der Waals surface area (Å²) in [6.45, 7) is -0.0296. The first-order valence-electron chi connectivity index (χ1n) is 17.0. The number of carbonyl (C=O) groups is 2. The summed E-state index contributed by atoms with van der Waals surface area (Å²) < 4.78 is 85.8. The van der Waals surface area contributed by atoms with Gasteiger partial charge >= 0.3 is 12.1 Å². The SMILES string of the molecule is COc1ccc([C@@H]2CN(C3CCC(OC)CC3)C[C@@]2(F)C(=O)N2CC(F)[C@@H](c3ccc(C(F)(F)F)cc3N3CCC(C(=O)O)CC3)C2)cc1. The maximum absolute atomic E-state index is 17.6. The molecule has 1 aliphatic carbocycles. The van der Waals surface area contributed by atoms with Crippen LogP contribution in [0.3, 0.4) is 0 Å². The molecule has 49 heavy (non-hydrogen) atoms. The van der Waals surface area contributed by atoms with Crippen LogP contribution in [0, 0.1) is 5.92 Å². The molecule has 4 fully saturated rings. The van der Waals surface area contributed by atoms with Gasteiger partial charge in [0, 0.05) is 63.4 Å². The van der Waals surface area contributed by atoms with E-state index < -0.39 is 53.2 Å². The molecule has 268 valence electrons. The molecule has 1 N–H and O–H groups in total. The molecule has 0 aromatic heterocycles. The van der Waals surface area contributed by atoms with Crippen LogP contribution in [0.15, 0.2) is 42.5 Å². The fourth-order valence-corrected chi connectivity index (χ4v) is 8.36. The number of hydrogen-bond acceptors (Lipinski definition) is 6. The number of carboxylic acids is 1. The second-order valence-electron chi connectivity index (χ2n) is 14.0. The van der Waals surface area contributed by atoms with Crippen LogP contribution in [0.25, 0.3) is 0 Å². The maximum Gasteiger partial charge on any atom is 0.416 e. The van der Waals surface area contributed by atoms with E-state index in [4.69, 9.17) is 9.47 Å². The molecule has 4 aliphatic rings. The van der Waals surface area contributed by atoms with Crippen LogP contribution in [-0.4, -0.2) is 104 Å². The molecule has 3 heterocycles. The Balaban J connectivity index is 1.27. The van der Waals surface area contributed by atoms with Gasteiger partial charge in [-0.1, -0.05) is 18.2 Å². The Kier molecular flexibility index (Phi) is 10.1. The minimum Gasteiger partial charge on any atom is -0.497 e. The monoisotopic (exact) mass is 693 g/mol. The number of rotatable bonds is 8. The topological polar surface area (TPSA) is 82.6 Å². The summed E-state index contributed by atoms with van der Waals surface area (Å²) in [7, 11) is 3.21. The van der Waals surface area contributed by atoms with E-state index in [1.165, 1.54) is 18.1 Å². The molecule has 2 aromatic rings. The normalized spacial score (nSPS) is 30.1. The summed E-state index contributed by atoms with van der Waals surface area (Å²) in [6, 6.07) is 10.2. The third-order valence-electron chi connectivity index (χ3n) is 11.2. The zero-order valence-electron chi connectivity index (χ0n) is 27.8. The van der Waals surface area contributed by atoms with Gasteiger partial charge in [0.25, 0.3) is 5.91 Å². The quantitative estimate of drug-likeness (QED) is 0.338. The Morgan fingerprint density at radius 3 is 2.18 bits per heavy atom. The van der Waals surface area contributed by atoms with Gasteiger partial charge in [0.1, 0.15) is 11.9 Å². The fraction of sp³-hybridized carbons (Fsp3) is 0.611. The van der Waals surface area contributed by atoms with E-state index in [2.05, 4.69) is 0 Å². The summed E-state index contributed by atoms with van der Waals surface area (Å²) in [6.07, 6.45) is -2.39. The van der Waals surface area contributed by atoms with E-state index >= 15 is 8.78 Å². The summed E-state index contributed by atoms with van der Waals surface area (Å²) in [4.78, 5) is 30.7. The number of ether oxygens (including phenoxy) is 2. The van der Waals surface area contributed by atoms with Crippen molar-refractivity contribution in [1.82, 2.24) is 9.80 Å². The molecule has 3 aliphatic heterocycles. The lowest BCUT2D eigenvalue weighted by Gasteiger charge is -2.35. The van der Waals surface area contributed by atoms with Crippen molar-refractivity contribution in [3.63, 3.8) is 0 Å². The van der Waals surface area contributed by atoms with Crippen molar-refractivity contribution < 1.29 is 46.1 Å². The third kappa shape index (κ3) is 7.10. The minimum atomic E-state index is -4.65. The van der Waals surface area contributed by atoms with Crippen molar-refractivity contribution in [3.8, 4) is 5.75 Å². The van der Waals surface area contributed by atoms with Crippen molar-refractivity contribution in [3.05, 3.63) is 59.2 Å². The van der Waals surface area contributed by atoms with Gasteiger partial charge in [-0.3, -0.25) is 14.5 Å². The number of aliphatic carboxylic acids is 1. The van der Waals surface area contributed by atoms with Gasteiger partial charge in [-0.25, -0.2) is 8.78 Å². The number of anilines is 1. The molecule has 1 unspecified atom stereocenters. The molecule has 13 heteroatoms. The standard InChI is InChI=1S/C36H44F5N3O5/c1-48-26-8-3-22(4-9-26)30-19-44(25-6-10-27(49-2)11-7-25)21-35(30,38)34(47)43-18-29(31(37)20-43)28-12-5-24(36(39,40)41)17-32(28)42-15-13-23(14-16-42)33(45)46/h3-5,8-9,12,17,23,25,27,29-31H,6-7,10-11,13-16,18-21H2,1-2H3,(H,45,46)/t25?,27?,29-,30+,31?,35+/m1/s1. The van der Waals surface area contributed by atoms with Crippen LogP contribution in [-0.2, 0) is 20.5 Å². The van der Waals surface area contributed by atoms with Crippen molar-refractivity contribution in [1.29, 1.82) is 0 Å². The molecule has 1 saturated carbocycles. The molecule has 8 nitrogen and oxygen atoms in total. The predicted octanol–water partition coefficient (Wildman–Crippen LogP) is 6.04. The fourth-order valence-electron chi connectivity index (χ4n) is 8.36. The molecular formula is C36H44F5N3O5. The maximum atomic E-state index is 17.6. The molecule has 2 aromatic carbocycles. The molecule has 0 bridgehead atoms. The van der Waals surface area contributed by atoms with Gasteiger partial charge in [0.15, 0.2) is 0 Å². The highest BCUT2D eigenvalue weighted by Gasteiger charge is 2.57. The number of hydrogen-bond donors (Lipinski definition) is 1. The lowest BCUT2D eigenvalue weighted by atomic mass is 9.85. The largest absolute Gasteiger partial charge is 0.497 e. The van der Waals surface area contributed by atoms with Crippen LogP contribution >= 0.6 is 0 Å². The lowest BCUT2D eigenvalue weighted by molar-refractivity contribution is -0.143. The smallest absolute Gasteiger partial charge is 0.416 e. The highest BCUT2D eigenvalue weighted by Crippen LogP contribution is 2.46. The number of nitrogens with zero attached hydrogens (tertiary/aromatic N) is 3. The second-order valence-corrected chi connectivity index (χ2v) is 14.0. The van der Waals surface area contributed by atoms with Gasteiger partial charge in [0.05, 0.1) is 31.2 Å². The molecular weight excluding hydrogens is 649 g/mol. The summed E-state index contributed by atoms with van der Waals surface area (Å²) in [5.74, 6) is -3.60. The summed E-state index contributed by atoms with van der Waals surface area (Å²) in [5, 5.41) is 9.43. The van der Waals surface area contributed by atoms with Crippen LogP contribution in [0.1, 0.15) is 67.1 Å². The highest BCUT2D eigenvalue weighted by atomic mass is 19.4.